The average molecular weight is 288 g/mol. The Bertz CT molecular complexity index is 451. The maximum absolute atomic E-state index is 5.25. The molecule has 1 heterocycles. The number of nitrogens with one attached hydrogen (secondary N) is 2. The van der Waals surface area contributed by atoms with Gasteiger partial charge in [0.25, 0.3) is 0 Å². The molecule has 2 N–H and O–H groups in total. The Morgan fingerprint density at radius 2 is 1.90 bits per heavy atom. The molecule has 1 aliphatic heterocycles. The number of hydrogen-bond donors (Lipinski definition) is 2. The highest BCUT2D eigenvalue weighted by Gasteiger charge is 2.43. The molecule has 1 saturated heterocycles. The minimum Gasteiger partial charge on any atom is -0.497 e. The van der Waals surface area contributed by atoms with Gasteiger partial charge in [0.2, 0.25) is 0 Å². The Hall–Kier alpha value is -1.06. The second-order valence-corrected chi connectivity index (χ2v) is 6.72. The van der Waals surface area contributed by atoms with Gasteiger partial charge in [-0.1, -0.05) is 18.6 Å². The molecule has 2 fully saturated rings. The standard InChI is InChI=1S/C18H28N2O/c1-14(15-5-7-16(21-2)8-6-15)20-17-4-3-9-18(17)10-12-19-13-11-18/h5-8,14,17,19-20H,3-4,9-13H2,1-2H3/t14-,17-/m1/s1. The fourth-order valence-corrected chi connectivity index (χ4v) is 4.21. The van der Waals surface area contributed by atoms with Crippen molar-refractivity contribution in [3.63, 3.8) is 0 Å². The first-order chi connectivity index (χ1) is 10.2. The van der Waals surface area contributed by atoms with Crippen molar-refractivity contribution in [1.82, 2.24) is 10.6 Å². The third kappa shape index (κ3) is 3.09. The third-order valence-corrected chi connectivity index (χ3v) is 5.57. The van der Waals surface area contributed by atoms with Crippen LogP contribution in [0.15, 0.2) is 24.3 Å². The van der Waals surface area contributed by atoms with Gasteiger partial charge in [0.1, 0.15) is 5.75 Å². The van der Waals surface area contributed by atoms with Gasteiger partial charge < -0.3 is 15.4 Å². The van der Waals surface area contributed by atoms with Crippen molar-refractivity contribution in [2.75, 3.05) is 20.2 Å². The fraction of sp³-hybridized carbons (Fsp3) is 0.667. The summed E-state index contributed by atoms with van der Waals surface area (Å²) in [4.78, 5) is 0. The minimum absolute atomic E-state index is 0.408. The predicted molar refractivity (Wildman–Crippen MR) is 86.7 cm³/mol. The molecule has 1 aromatic rings. The van der Waals surface area contributed by atoms with Crippen molar-refractivity contribution in [3.8, 4) is 5.75 Å². The van der Waals surface area contributed by atoms with Gasteiger partial charge in [0.15, 0.2) is 0 Å². The van der Waals surface area contributed by atoms with Crippen LogP contribution in [0.2, 0.25) is 0 Å². The lowest BCUT2D eigenvalue weighted by atomic mass is 9.74. The third-order valence-electron chi connectivity index (χ3n) is 5.57. The quantitative estimate of drug-likeness (QED) is 0.892. The first-order valence-corrected chi connectivity index (χ1v) is 8.34. The molecule has 2 atom stereocenters. The summed E-state index contributed by atoms with van der Waals surface area (Å²) in [5.74, 6) is 0.932. The van der Waals surface area contributed by atoms with Crippen molar-refractivity contribution in [2.24, 2.45) is 5.41 Å². The molecular formula is C18H28N2O. The molecule has 1 saturated carbocycles. The van der Waals surface area contributed by atoms with Gasteiger partial charge in [-0.3, -0.25) is 0 Å². The zero-order chi connectivity index (χ0) is 14.7. The summed E-state index contributed by atoms with van der Waals surface area (Å²) < 4.78 is 5.25. The van der Waals surface area contributed by atoms with E-state index in [2.05, 4.69) is 41.8 Å². The summed E-state index contributed by atoms with van der Waals surface area (Å²) in [6, 6.07) is 9.56. The maximum atomic E-state index is 5.25. The Balaban J connectivity index is 1.66. The molecule has 21 heavy (non-hydrogen) atoms. The topological polar surface area (TPSA) is 33.3 Å². The van der Waals surface area contributed by atoms with Crippen molar-refractivity contribution in [3.05, 3.63) is 29.8 Å². The smallest absolute Gasteiger partial charge is 0.118 e. The van der Waals surface area contributed by atoms with E-state index < -0.39 is 0 Å². The predicted octanol–water partition coefficient (Wildman–Crippen LogP) is 3.27. The van der Waals surface area contributed by atoms with E-state index in [-0.39, 0.29) is 0 Å². The number of rotatable bonds is 4. The molecular weight excluding hydrogens is 260 g/mol. The average Bonchev–Trinajstić information content (AvgIpc) is 2.90. The Kier molecular flexibility index (Phi) is 4.51. The van der Waals surface area contributed by atoms with E-state index in [1.807, 2.05) is 0 Å². The van der Waals surface area contributed by atoms with Crippen molar-refractivity contribution in [1.29, 1.82) is 0 Å². The van der Waals surface area contributed by atoms with Crippen LogP contribution in [0.3, 0.4) is 0 Å². The SMILES string of the molecule is COc1ccc([C@@H](C)N[C@@H]2CCCC23CCNCC3)cc1. The number of benzene rings is 1. The lowest BCUT2D eigenvalue weighted by Gasteiger charge is -2.41. The second kappa shape index (κ2) is 6.37. The number of ether oxygens (including phenoxy) is 1. The highest BCUT2D eigenvalue weighted by molar-refractivity contribution is 5.29. The van der Waals surface area contributed by atoms with E-state index in [9.17, 15) is 0 Å². The molecule has 3 heteroatoms. The molecule has 3 nitrogen and oxygen atoms in total. The van der Waals surface area contributed by atoms with Crippen LogP contribution in [-0.4, -0.2) is 26.2 Å². The molecule has 0 unspecified atom stereocenters. The van der Waals surface area contributed by atoms with Crippen LogP contribution in [0.5, 0.6) is 5.75 Å². The van der Waals surface area contributed by atoms with Crippen molar-refractivity contribution >= 4 is 0 Å². The normalized spacial score (nSPS) is 25.9. The molecule has 0 amide bonds. The van der Waals surface area contributed by atoms with Crippen LogP contribution in [0.4, 0.5) is 0 Å². The molecule has 1 aromatic carbocycles. The van der Waals surface area contributed by atoms with Crippen LogP contribution in [-0.2, 0) is 0 Å². The molecule has 0 radical (unpaired) electrons. The van der Waals surface area contributed by atoms with Crippen molar-refractivity contribution in [2.45, 2.75) is 51.1 Å². The van der Waals surface area contributed by atoms with Gasteiger partial charge in [0, 0.05) is 12.1 Å². The summed E-state index contributed by atoms with van der Waals surface area (Å²) in [5, 5.41) is 7.44. The first-order valence-electron chi connectivity index (χ1n) is 8.34. The van der Waals surface area contributed by atoms with E-state index in [0.29, 0.717) is 17.5 Å². The molecule has 2 aliphatic rings. The van der Waals surface area contributed by atoms with E-state index in [0.717, 1.165) is 5.75 Å². The van der Waals surface area contributed by atoms with Gasteiger partial charge >= 0.3 is 0 Å². The Morgan fingerprint density at radius 1 is 1.19 bits per heavy atom. The van der Waals surface area contributed by atoms with Gasteiger partial charge in [-0.25, -0.2) is 0 Å². The molecule has 1 spiro atoms. The molecule has 116 valence electrons. The summed E-state index contributed by atoms with van der Waals surface area (Å²) in [6.45, 7) is 4.67. The zero-order valence-electron chi connectivity index (χ0n) is 13.3. The molecule has 3 rings (SSSR count). The van der Waals surface area contributed by atoms with E-state index >= 15 is 0 Å². The van der Waals surface area contributed by atoms with Crippen LogP contribution < -0.4 is 15.4 Å². The van der Waals surface area contributed by atoms with E-state index in [4.69, 9.17) is 4.74 Å². The summed E-state index contributed by atoms with van der Waals surface area (Å²) in [7, 11) is 1.72. The number of hydrogen-bond acceptors (Lipinski definition) is 3. The van der Waals surface area contributed by atoms with Gasteiger partial charge in [-0.15, -0.1) is 0 Å². The Morgan fingerprint density at radius 3 is 2.57 bits per heavy atom. The monoisotopic (exact) mass is 288 g/mol. The van der Waals surface area contributed by atoms with Crippen LogP contribution in [0.1, 0.15) is 50.6 Å². The maximum Gasteiger partial charge on any atom is 0.118 e. The lowest BCUT2D eigenvalue weighted by Crippen LogP contribution is -2.48. The van der Waals surface area contributed by atoms with Crippen LogP contribution in [0, 0.1) is 5.41 Å². The van der Waals surface area contributed by atoms with Crippen LogP contribution >= 0.6 is 0 Å². The lowest BCUT2D eigenvalue weighted by molar-refractivity contribution is 0.152. The number of piperidine rings is 1. The molecule has 1 aliphatic carbocycles. The van der Waals surface area contributed by atoms with Gasteiger partial charge in [-0.2, -0.15) is 0 Å². The molecule has 0 aromatic heterocycles. The summed E-state index contributed by atoms with van der Waals surface area (Å²) in [5.41, 5.74) is 1.90. The minimum atomic E-state index is 0.408. The van der Waals surface area contributed by atoms with Crippen LogP contribution in [0.25, 0.3) is 0 Å². The van der Waals surface area contributed by atoms with Gasteiger partial charge in [0.05, 0.1) is 7.11 Å². The fourth-order valence-electron chi connectivity index (χ4n) is 4.21. The van der Waals surface area contributed by atoms with E-state index in [1.165, 1.54) is 50.8 Å². The summed E-state index contributed by atoms with van der Waals surface area (Å²) >= 11 is 0. The van der Waals surface area contributed by atoms with Gasteiger partial charge in [-0.05, 0) is 68.8 Å². The Labute approximate surface area is 128 Å². The largest absolute Gasteiger partial charge is 0.497 e. The zero-order valence-corrected chi connectivity index (χ0v) is 13.3. The van der Waals surface area contributed by atoms with E-state index in [1.54, 1.807) is 7.11 Å². The second-order valence-electron chi connectivity index (χ2n) is 6.72. The summed E-state index contributed by atoms with van der Waals surface area (Å²) in [6.07, 6.45) is 6.79. The number of methoxy groups -OCH3 is 1. The highest BCUT2D eigenvalue weighted by Crippen LogP contribution is 2.45. The molecule has 0 bridgehead atoms. The first kappa shape index (κ1) is 14.9. The highest BCUT2D eigenvalue weighted by atomic mass is 16.5. The van der Waals surface area contributed by atoms with Crippen molar-refractivity contribution < 1.29 is 4.74 Å².